The number of rotatable bonds is 4. The smallest absolute Gasteiger partial charge is 0.0127 e. The fourth-order valence-corrected chi connectivity index (χ4v) is 3.57. The molecule has 1 heterocycles. The molecule has 2 fully saturated rings. The quantitative estimate of drug-likeness (QED) is 0.772. The molecule has 0 amide bonds. The van der Waals surface area contributed by atoms with Crippen LogP contribution in [0.5, 0.6) is 0 Å². The van der Waals surface area contributed by atoms with Crippen LogP contribution in [0.4, 0.5) is 0 Å². The maximum absolute atomic E-state index is 5.59. The molecule has 2 rings (SSSR count). The zero-order valence-corrected chi connectivity index (χ0v) is 10.1. The Hall–Kier alpha value is -0.0800. The molecule has 0 bridgehead atoms. The van der Waals surface area contributed by atoms with E-state index >= 15 is 0 Å². The van der Waals surface area contributed by atoms with Crippen LogP contribution in [0.3, 0.4) is 0 Å². The Bertz CT molecular complexity index is 193. The molecule has 1 aliphatic heterocycles. The summed E-state index contributed by atoms with van der Waals surface area (Å²) in [4.78, 5) is 2.78. The number of nitrogens with zero attached hydrogens (tertiary/aromatic N) is 1. The second-order valence-corrected chi connectivity index (χ2v) is 5.42. The van der Waals surface area contributed by atoms with Gasteiger partial charge in [-0.15, -0.1) is 0 Å². The van der Waals surface area contributed by atoms with E-state index in [9.17, 15) is 0 Å². The van der Waals surface area contributed by atoms with Gasteiger partial charge in [-0.2, -0.15) is 0 Å². The third-order valence-electron chi connectivity index (χ3n) is 4.45. The van der Waals surface area contributed by atoms with Crippen molar-refractivity contribution in [3.63, 3.8) is 0 Å². The van der Waals surface area contributed by atoms with Crippen LogP contribution in [0.2, 0.25) is 0 Å². The summed E-state index contributed by atoms with van der Waals surface area (Å²) >= 11 is 0. The van der Waals surface area contributed by atoms with E-state index in [2.05, 4.69) is 11.8 Å². The minimum Gasteiger partial charge on any atom is -0.330 e. The first kappa shape index (κ1) is 11.4. The van der Waals surface area contributed by atoms with Crippen LogP contribution in [0.25, 0.3) is 0 Å². The Morgan fingerprint density at radius 1 is 1.27 bits per heavy atom. The zero-order valence-electron chi connectivity index (χ0n) is 10.1. The van der Waals surface area contributed by atoms with E-state index in [0.29, 0.717) is 0 Å². The Morgan fingerprint density at radius 2 is 2.07 bits per heavy atom. The van der Waals surface area contributed by atoms with E-state index in [-0.39, 0.29) is 0 Å². The molecule has 3 atom stereocenters. The van der Waals surface area contributed by atoms with Crippen LogP contribution in [-0.4, -0.2) is 30.1 Å². The predicted octanol–water partition coefficient (Wildman–Crippen LogP) is 2.38. The van der Waals surface area contributed by atoms with Crippen LogP contribution in [0.15, 0.2) is 0 Å². The molecule has 1 aliphatic carbocycles. The first-order valence-corrected chi connectivity index (χ1v) is 6.78. The molecule has 0 spiro atoms. The fourth-order valence-electron chi connectivity index (χ4n) is 3.57. The van der Waals surface area contributed by atoms with Crippen molar-refractivity contribution in [3.05, 3.63) is 0 Å². The van der Waals surface area contributed by atoms with Crippen molar-refractivity contribution < 1.29 is 0 Å². The molecule has 0 aromatic rings. The fraction of sp³-hybridized carbons (Fsp3) is 1.00. The van der Waals surface area contributed by atoms with Gasteiger partial charge in [0.25, 0.3) is 0 Å². The average Bonchev–Trinajstić information content (AvgIpc) is 2.69. The van der Waals surface area contributed by atoms with Gasteiger partial charge in [0.15, 0.2) is 0 Å². The van der Waals surface area contributed by atoms with Crippen molar-refractivity contribution >= 4 is 0 Å². The van der Waals surface area contributed by atoms with Crippen LogP contribution in [0, 0.1) is 5.92 Å². The highest BCUT2D eigenvalue weighted by Crippen LogP contribution is 2.37. The van der Waals surface area contributed by atoms with Gasteiger partial charge in [0.05, 0.1) is 0 Å². The molecular formula is C13H26N2. The molecule has 2 heteroatoms. The molecule has 0 aromatic carbocycles. The first-order valence-electron chi connectivity index (χ1n) is 6.78. The van der Waals surface area contributed by atoms with Crippen LogP contribution >= 0.6 is 0 Å². The van der Waals surface area contributed by atoms with E-state index in [1.807, 2.05) is 0 Å². The van der Waals surface area contributed by atoms with Gasteiger partial charge in [0, 0.05) is 12.1 Å². The van der Waals surface area contributed by atoms with Gasteiger partial charge in [-0.05, 0) is 58.0 Å². The molecule has 3 unspecified atom stereocenters. The van der Waals surface area contributed by atoms with Crippen molar-refractivity contribution in [2.24, 2.45) is 11.7 Å². The number of nitrogens with two attached hydrogens (primary N) is 1. The van der Waals surface area contributed by atoms with Gasteiger partial charge >= 0.3 is 0 Å². The van der Waals surface area contributed by atoms with Gasteiger partial charge in [0.2, 0.25) is 0 Å². The van der Waals surface area contributed by atoms with Gasteiger partial charge < -0.3 is 5.73 Å². The molecule has 2 aliphatic rings. The van der Waals surface area contributed by atoms with E-state index in [0.717, 1.165) is 24.5 Å². The van der Waals surface area contributed by atoms with Gasteiger partial charge in [0.1, 0.15) is 0 Å². The molecule has 0 aromatic heterocycles. The third-order valence-corrected chi connectivity index (χ3v) is 4.45. The SMILES string of the molecule is CC(CCCN)N1CCC2CCCCC21. The lowest BCUT2D eigenvalue weighted by molar-refractivity contribution is 0.134. The number of fused-ring (bicyclic) bond motifs is 1. The second-order valence-electron chi connectivity index (χ2n) is 5.42. The van der Waals surface area contributed by atoms with Crippen molar-refractivity contribution in [3.8, 4) is 0 Å². The summed E-state index contributed by atoms with van der Waals surface area (Å²) in [5.74, 6) is 1.03. The summed E-state index contributed by atoms with van der Waals surface area (Å²) in [5.41, 5.74) is 5.59. The third kappa shape index (κ3) is 2.54. The average molecular weight is 210 g/mol. The lowest BCUT2D eigenvalue weighted by atomic mass is 9.85. The molecule has 15 heavy (non-hydrogen) atoms. The largest absolute Gasteiger partial charge is 0.330 e. The Balaban J connectivity index is 1.86. The Morgan fingerprint density at radius 3 is 2.87 bits per heavy atom. The highest BCUT2D eigenvalue weighted by molar-refractivity contribution is 4.91. The van der Waals surface area contributed by atoms with Gasteiger partial charge in [-0.25, -0.2) is 0 Å². The molecule has 0 radical (unpaired) electrons. The predicted molar refractivity (Wildman–Crippen MR) is 64.8 cm³/mol. The maximum atomic E-state index is 5.59. The van der Waals surface area contributed by atoms with Crippen LogP contribution in [-0.2, 0) is 0 Å². The summed E-state index contributed by atoms with van der Waals surface area (Å²) in [6.07, 6.45) is 9.82. The molecule has 1 saturated heterocycles. The summed E-state index contributed by atoms with van der Waals surface area (Å²) in [7, 11) is 0. The number of hydrogen-bond acceptors (Lipinski definition) is 2. The van der Waals surface area contributed by atoms with Crippen molar-refractivity contribution in [2.75, 3.05) is 13.1 Å². The zero-order chi connectivity index (χ0) is 10.7. The minimum absolute atomic E-state index is 0.765. The maximum Gasteiger partial charge on any atom is 0.0127 e. The highest BCUT2D eigenvalue weighted by atomic mass is 15.2. The van der Waals surface area contributed by atoms with E-state index in [4.69, 9.17) is 5.73 Å². The van der Waals surface area contributed by atoms with Crippen LogP contribution in [0.1, 0.15) is 51.9 Å². The van der Waals surface area contributed by atoms with Crippen molar-refractivity contribution in [1.29, 1.82) is 0 Å². The highest BCUT2D eigenvalue weighted by Gasteiger charge is 2.37. The lowest BCUT2D eigenvalue weighted by Gasteiger charge is -2.35. The van der Waals surface area contributed by atoms with Gasteiger partial charge in [-0.1, -0.05) is 12.8 Å². The molecular weight excluding hydrogens is 184 g/mol. The second kappa shape index (κ2) is 5.31. The molecule has 2 nitrogen and oxygen atoms in total. The minimum atomic E-state index is 0.765. The van der Waals surface area contributed by atoms with Crippen molar-refractivity contribution in [1.82, 2.24) is 4.90 Å². The molecule has 1 saturated carbocycles. The number of likely N-dealkylation sites (tertiary alicyclic amines) is 1. The summed E-state index contributed by atoms with van der Waals surface area (Å²) in [6.45, 7) is 4.60. The van der Waals surface area contributed by atoms with Gasteiger partial charge in [-0.3, -0.25) is 4.90 Å². The Labute approximate surface area is 94.2 Å². The topological polar surface area (TPSA) is 29.3 Å². The summed E-state index contributed by atoms with van der Waals surface area (Å²) < 4.78 is 0. The van der Waals surface area contributed by atoms with E-state index in [1.165, 1.54) is 51.5 Å². The summed E-state index contributed by atoms with van der Waals surface area (Å²) in [5, 5.41) is 0. The Kier molecular flexibility index (Phi) is 4.04. The monoisotopic (exact) mass is 210 g/mol. The van der Waals surface area contributed by atoms with E-state index < -0.39 is 0 Å². The van der Waals surface area contributed by atoms with Crippen molar-refractivity contribution in [2.45, 2.75) is 64.0 Å². The lowest BCUT2D eigenvalue weighted by Crippen LogP contribution is -2.40. The standard InChI is InChI=1S/C13H26N2/c1-11(5-4-9-14)15-10-8-12-6-2-3-7-13(12)15/h11-13H,2-10,14H2,1H3. The summed E-state index contributed by atoms with van der Waals surface area (Å²) in [6, 6.07) is 1.69. The van der Waals surface area contributed by atoms with E-state index in [1.54, 1.807) is 0 Å². The number of hydrogen-bond donors (Lipinski definition) is 1. The first-order chi connectivity index (χ1) is 7.33. The molecule has 2 N–H and O–H groups in total. The van der Waals surface area contributed by atoms with Crippen LogP contribution < -0.4 is 5.73 Å². The normalized spacial score (nSPS) is 34.0. The molecule has 88 valence electrons.